The summed E-state index contributed by atoms with van der Waals surface area (Å²) in [6.45, 7) is 4.43. The fourth-order valence-corrected chi connectivity index (χ4v) is 2.01. The molecule has 1 aliphatic heterocycles. The van der Waals surface area contributed by atoms with E-state index in [9.17, 15) is 9.59 Å². The summed E-state index contributed by atoms with van der Waals surface area (Å²) in [7, 11) is 0. The molecule has 21 heavy (non-hydrogen) atoms. The molecule has 2 N–H and O–H groups in total. The topological polar surface area (TPSA) is 105 Å². The average molecular weight is 294 g/mol. The van der Waals surface area contributed by atoms with Gasteiger partial charge in [0.15, 0.2) is 0 Å². The number of ether oxygens (including phenoxy) is 1. The number of carbonyl (C=O) groups is 2. The van der Waals surface area contributed by atoms with Crippen LogP contribution in [0.1, 0.15) is 22.5 Å². The number of carboxylic acids is 1. The van der Waals surface area contributed by atoms with Crippen molar-refractivity contribution in [1.82, 2.24) is 14.9 Å². The highest BCUT2D eigenvalue weighted by molar-refractivity contribution is 5.88. The number of amides is 1. The number of hydrogen-bond donors (Lipinski definition) is 2. The summed E-state index contributed by atoms with van der Waals surface area (Å²) in [5.41, 5.74) is 0.462. The van der Waals surface area contributed by atoms with E-state index in [1.165, 1.54) is 6.20 Å². The standard InChI is InChI=1S/C13H18N4O4/c1-9-10(12(19)20)8-15-13(16-9)14-3-2-11(18)17-4-6-21-7-5-17/h8H,2-7H2,1H3,(H,19,20)(H,14,15,16). The predicted molar refractivity (Wildman–Crippen MR) is 74.2 cm³/mol. The number of hydrogen-bond acceptors (Lipinski definition) is 6. The summed E-state index contributed by atoms with van der Waals surface area (Å²) in [5.74, 6) is -0.668. The Morgan fingerprint density at radius 1 is 1.43 bits per heavy atom. The molecule has 114 valence electrons. The Morgan fingerprint density at radius 2 is 2.14 bits per heavy atom. The Labute approximate surface area is 122 Å². The van der Waals surface area contributed by atoms with Gasteiger partial charge in [-0.1, -0.05) is 0 Å². The monoisotopic (exact) mass is 294 g/mol. The van der Waals surface area contributed by atoms with Gasteiger partial charge in [-0.2, -0.15) is 0 Å². The maximum atomic E-state index is 11.9. The summed E-state index contributed by atoms with van der Waals surface area (Å²) in [4.78, 5) is 32.5. The van der Waals surface area contributed by atoms with Gasteiger partial charge in [0.2, 0.25) is 11.9 Å². The van der Waals surface area contributed by atoms with E-state index in [1.807, 2.05) is 0 Å². The molecule has 1 amide bonds. The molecule has 1 saturated heterocycles. The Kier molecular flexibility index (Phi) is 5.04. The second-order valence-electron chi connectivity index (χ2n) is 4.67. The van der Waals surface area contributed by atoms with Crippen molar-refractivity contribution in [2.75, 3.05) is 38.2 Å². The van der Waals surface area contributed by atoms with Crippen molar-refractivity contribution in [3.8, 4) is 0 Å². The largest absolute Gasteiger partial charge is 0.478 e. The van der Waals surface area contributed by atoms with Crippen molar-refractivity contribution in [2.24, 2.45) is 0 Å². The van der Waals surface area contributed by atoms with E-state index in [1.54, 1.807) is 11.8 Å². The normalized spacial score (nSPS) is 14.8. The third kappa shape index (κ3) is 4.12. The molecule has 8 nitrogen and oxygen atoms in total. The van der Waals surface area contributed by atoms with Crippen molar-refractivity contribution < 1.29 is 19.4 Å². The third-order valence-corrected chi connectivity index (χ3v) is 3.20. The highest BCUT2D eigenvalue weighted by atomic mass is 16.5. The van der Waals surface area contributed by atoms with Crippen molar-refractivity contribution in [3.63, 3.8) is 0 Å². The number of aromatic nitrogens is 2. The predicted octanol–water partition coefficient (Wildman–Crippen LogP) is 0.144. The Hall–Kier alpha value is -2.22. The quantitative estimate of drug-likeness (QED) is 0.796. The lowest BCUT2D eigenvalue weighted by atomic mass is 10.2. The molecule has 8 heteroatoms. The maximum absolute atomic E-state index is 11.9. The van der Waals surface area contributed by atoms with Crippen molar-refractivity contribution in [1.29, 1.82) is 0 Å². The maximum Gasteiger partial charge on any atom is 0.339 e. The minimum absolute atomic E-state index is 0.0599. The van der Waals surface area contributed by atoms with Crippen LogP contribution in [0.5, 0.6) is 0 Å². The molecule has 1 aromatic rings. The number of carboxylic acid groups (broad SMARTS) is 1. The van der Waals surface area contributed by atoms with E-state index < -0.39 is 5.97 Å². The number of carbonyl (C=O) groups excluding carboxylic acids is 1. The summed E-state index contributed by atoms with van der Waals surface area (Å²) in [6.07, 6.45) is 1.60. The highest BCUT2D eigenvalue weighted by Crippen LogP contribution is 2.07. The molecule has 0 aliphatic carbocycles. The molecule has 0 unspecified atom stereocenters. The van der Waals surface area contributed by atoms with Gasteiger partial charge in [0.05, 0.1) is 24.5 Å². The molecule has 0 bridgehead atoms. The molecule has 2 heterocycles. The molecule has 0 aromatic carbocycles. The number of anilines is 1. The van der Waals surface area contributed by atoms with Crippen LogP contribution in [-0.4, -0.2) is 64.7 Å². The lowest BCUT2D eigenvalue weighted by Gasteiger charge is -2.26. The Morgan fingerprint density at radius 3 is 2.76 bits per heavy atom. The number of nitrogens with one attached hydrogen (secondary N) is 1. The van der Waals surface area contributed by atoms with E-state index in [0.29, 0.717) is 50.9 Å². The van der Waals surface area contributed by atoms with E-state index in [0.717, 1.165) is 0 Å². The Bertz CT molecular complexity index is 529. The van der Waals surface area contributed by atoms with Crippen LogP contribution in [0.15, 0.2) is 6.20 Å². The smallest absolute Gasteiger partial charge is 0.339 e. The summed E-state index contributed by atoms with van der Waals surface area (Å²) in [6, 6.07) is 0. The fraction of sp³-hybridized carbons (Fsp3) is 0.538. The van der Waals surface area contributed by atoms with Gasteiger partial charge < -0.3 is 20.1 Å². The minimum atomic E-state index is -1.05. The second kappa shape index (κ2) is 6.98. The van der Waals surface area contributed by atoms with Gasteiger partial charge in [0.25, 0.3) is 0 Å². The zero-order valence-electron chi connectivity index (χ0n) is 11.8. The first kappa shape index (κ1) is 15.2. The van der Waals surface area contributed by atoms with E-state index in [-0.39, 0.29) is 11.5 Å². The van der Waals surface area contributed by atoms with Gasteiger partial charge in [-0.05, 0) is 6.92 Å². The number of morpholine rings is 1. The summed E-state index contributed by atoms with van der Waals surface area (Å²) in [5, 5.41) is 11.8. The zero-order valence-corrected chi connectivity index (χ0v) is 11.8. The first-order valence-corrected chi connectivity index (χ1v) is 6.74. The average Bonchev–Trinajstić information content (AvgIpc) is 2.47. The SMILES string of the molecule is Cc1nc(NCCC(=O)N2CCOCC2)ncc1C(=O)O. The van der Waals surface area contributed by atoms with Crippen LogP contribution in [0.25, 0.3) is 0 Å². The van der Waals surface area contributed by atoms with Gasteiger partial charge in [-0.3, -0.25) is 4.79 Å². The zero-order chi connectivity index (χ0) is 15.2. The number of aromatic carboxylic acids is 1. The first-order chi connectivity index (χ1) is 10.1. The van der Waals surface area contributed by atoms with Gasteiger partial charge in [0, 0.05) is 32.3 Å². The molecular weight excluding hydrogens is 276 g/mol. The molecule has 0 radical (unpaired) electrons. The van der Waals surface area contributed by atoms with Crippen LogP contribution in [0, 0.1) is 6.92 Å². The van der Waals surface area contributed by atoms with E-state index >= 15 is 0 Å². The molecule has 1 fully saturated rings. The van der Waals surface area contributed by atoms with Gasteiger partial charge in [-0.15, -0.1) is 0 Å². The lowest BCUT2D eigenvalue weighted by molar-refractivity contribution is -0.134. The van der Waals surface area contributed by atoms with Crippen LogP contribution in [0.2, 0.25) is 0 Å². The van der Waals surface area contributed by atoms with Crippen LogP contribution in [0.3, 0.4) is 0 Å². The number of rotatable bonds is 5. The van der Waals surface area contributed by atoms with Gasteiger partial charge in [0.1, 0.15) is 0 Å². The van der Waals surface area contributed by atoms with Crippen molar-refractivity contribution in [2.45, 2.75) is 13.3 Å². The van der Waals surface area contributed by atoms with E-state index in [4.69, 9.17) is 9.84 Å². The molecule has 1 aliphatic rings. The highest BCUT2D eigenvalue weighted by Gasteiger charge is 2.16. The van der Waals surface area contributed by atoms with Gasteiger partial charge in [-0.25, -0.2) is 14.8 Å². The molecule has 0 saturated carbocycles. The van der Waals surface area contributed by atoms with Crippen LogP contribution < -0.4 is 5.32 Å². The van der Waals surface area contributed by atoms with Crippen LogP contribution in [0.4, 0.5) is 5.95 Å². The fourth-order valence-electron chi connectivity index (χ4n) is 2.01. The number of aryl methyl sites for hydroxylation is 1. The third-order valence-electron chi connectivity index (χ3n) is 3.20. The second-order valence-corrected chi connectivity index (χ2v) is 4.67. The Balaban J connectivity index is 1.81. The molecule has 1 aromatic heterocycles. The number of nitrogens with zero attached hydrogens (tertiary/aromatic N) is 3. The summed E-state index contributed by atoms with van der Waals surface area (Å²) >= 11 is 0. The molecular formula is C13H18N4O4. The molecule has 0 spiro atoms. The van der Waals surface area contributed by atoms with Crippen LogP contribution in [-0.2, 0) is 9.53 Å². The van der Waals surface area contributed by atoms with E-state index in [2.05, 4.69) is 15.3 Å². The molecule has 0 atom stereocenters. The first-order valence-electron chi connectivity index (χ1n) is 6.74. The molecule has 2 rings (SSSR count). The van der Waals surface area contributed by atoms with Crippen LogP contribution >= 0.6 is 0 Å². The lowest BCUT2D eigenvalue weighted by Crippen LogP contribution is -2.41. The summed E-state index contributed by atoms with van der Waals surface area (Å²) < 4.78 is 5.19. The van der Waals surface area contributed by atoms with Crippen molar-refractivity contribution in [3.05, 3.63) is 17.5 Å². The minimum Gasteiger partial charge on any atom is -0.478 e. The van der Waals surface area contributed by atoms with Gasteiger partial charge >= 0.3 is 5.97 Å². The van der Waals surface area contributed by atoms with Crippen molar-refractivity contribution >= 4 is 17.8 Å².